The number of anilines is 1. The minimum absolute atomic E-state index is 0.000236. The van der Waals surface area contributed by atoms with E-state index in [2.05, 4.69) is 5.32 Å². The molecule has 0 aliphatic carbocycles. The van der Waals surface area contributed by atoms with Gasteiger partial charge < -0.3 is 14.8 Å². The van der Waals surface area contributed by atoms with E-state index in [4.69, 9.17) is 9.47 Å². The Kier molecular flexibility index (Phi) is 6.20. The number of carbonyl (C=O) groups excluding carboxylic acids is 2. The first kappa shape index (κ1) is 19.8. The summed E-state index contributed by atoms with van der Waals surface area (Å²) in [6.07, 6.45) is 1.64. The van der Waals surface area contributed by atoms with E-state index in [1.54, 1.807) is 24.3 Å². The number of ether oxygens (including phenoxy) is 2. The Bertz CT molecular complexity index is 915. The summed E-state index contributed by atoms with van der Waals surface area (Å²) in [6.45, 7) is 2.39. The third-order valence-electron chi connectivity index (χ3n) is 3.94. The third kappa shape index (κ3) is 4.45. The molecule has 0 atom stereocenters. The molecule has 0 aromatic heterocycles. The monoisotopic (exact) mass is 402 g/mol. The van der Waals surface area contributed by atoms with Gasteiger partial charge in [-0.3, -0.25) is 14.5 Å². The highest BCUT2D eigenvalue weighted by atomic mass is 32.2. The molecule has 1 N–H and O–H groups in total. The standard InChI is InChI=1S/C20H19FN2O4S/c1-3-27-16-9-4-13(10-17(16)26-2)11-18-19(24)23(20(25)28-18)12-22-15-7-5-14(21)6-8-15/h4-11,22H,3,12H2,1-2H3/b18-11+. The van der Waals surface area contributed by atoms with Crippen molar-refractivity contribution in [3.05, 3.63) is 58.8 Å². The van der Waals surface area contributed by atoms with Crippen LogP contribution in [0.2, 0.25) is 0 Å². The van der Waals surface area contributed by atoms with Crippen molar-refractivity contribution in [1.82, 2.24) is 4.90 Å². The summed E-state index contributed by atoms with van der Waals surface area (Å²) in [5, 5.41) is 2.57. The molecule has 1 aliphatic rings. The quantitative estimate of drug-likeness (QED) is 0.695. The largest absolute Gasteiger partial charge is 0.493 e. The van der Waals surface area contributed by atoms with Crippen LogP contribution in [-0.2, 0) is 4.79 Å². The van der Waals surface area contributed by atoms with E-state index in [0.717, 1.165) is 22.2 Å². The molecule has 3 rings (SSSR count). The molecule has 2 aromatic carbocycles. The zero-order chi connectivity index (χ0) is 20.1. The lowest BCUT2D eigenvalue weighted by atomic mass is 10.2. The molecule has 0 saturated carbocycles. The normalized spacial score (nSPS) is 15.2. The lowest BCUT2D eigenvalue weighted by Gasteiger charge is -2.14. The number of hydrogen-bond donors (Lipinski definition) is 1. The van der Waals surface area contributed by atoms with Crippen LogP contribution in [0.15, 0.2) is 47.4 Å². The van der Waals surface area contributed by atoms with Gasteiger partial charge in [0.1, 0.15) is 5.82 Å². The second-order valence-electron chi connectivity index (χ2n) is 5.79. The highest BCUT2D eigenvalue weighted by Crippen LogP contribution is 2.34. The number of hydrogen-bond acceptors (Lipinski definition) is 6. The van der Waals surface area contributed by atoms with Crippen LogP contribution in [0, 0.1) is 5.82 Å². The fraction of sp³-hybridized carbons (Fsp3) is 0.200. The maximum absolute atomic E-state index is 13.0. The molecule has 0 radical (unpaired) electrons. The van der Waals surface area contributed by atoms with E-state index in [1.165, 1.54) is 31.4 Å². The van der Waals surface area contributed by atoms with Crippen LogP contribution < -0.4 is 14.8 Å². The van der Waals surface area contributed by atoms with Crippen LogP contribution in [0.25, 0.3) is 6.08 Å². The van der Waals surface area contributed by atoms with Crippen LogP contribution in [0.4, 0.5) is 14.9 Å². The van der Waals surface area contributed by atoms with Gasteiger partial charge in [-0.25, -0.2) is 4.39 Å². The smallest absolute Gasteiger partial charge is 0.295 e. The number of benzene rings is 2. The zero-order valence-corrected chi connectivity index (χ0v) is 16.2. The molecule has 0 bridgehead atoms. The number of nitrogens with one attached hydrogen (secondary N) is 1. The van der Waals surface area contributed by atoms with Gasteiger partial charge in [0.15, 0.2) is 11.5 Å². The summed E-state index contributed by atoms with van der Waals surface area (Å²) < 4.78 is 23.7. The van der Waals surface area contributed by atoms with E-state index in [-0.39, 0.29) is 17.7 Å². The van der Waals surface area contributed by atoms with Crippen LogP contribution in [0.3, 0.4) is 0 Å². The average molecular weight is 402 g/mol. The molecule has 1 heterocycles. The van der Waals surface area contributed by atoms with Crippen molar-refractivity contribution >= 4 is 34.7 Å². The van der Waals surface area contributed by atoms with Gasteiger partial charge in [0, 0.05) is 5.69 Å². The van der Waals surface area contributed by atoms with E-state index in [1.807, 2.05) is 6.92 Å². The molecule has 0 unspecified atom stereocenters. The zero-order valence-electron chi connectivity index (χ0n) is 15.4. The van der Waals surface area contributed by atoms with Crippen LogP contribution in [0.5, 0.6) is 11.5 Å². The van der Waals surface area contributed by atoms with E-state index in [9.17, 15) is 14.0 Å². The Morgan fingerprint density at radius 2 is 1.89 bits per heavy atom. The molecule has 8 heteroatoms. The van der Waals surface area contributed by atoms with Gasteiger partial charge in [-0.2, -0.15) is 0 Å². The van der Waals surface area contributed by atoms with Gasteiger partial charge in [0.2, 0.25) is 0 Å². The SMILES string of the molecule is CCOc1ccc(/C=C2/SC(=O)N(CNc3ccc(F)cc3)C2=O)cc1OC. The van der Waals surface area contributed by atoms with Crippen molar-refractivity contribution in [1.29, 1.82) is 0 Å². The minimum Gasteiger partial charge on any atom is -0.493 e. The molecule has 2 aromatic rings. The van der Waals surface area contributed by atoms with Crippen molar-refractivity contribution < 1.29 is 23.5 Å². The van der Waals surface area contributed by atoms with Gasteiger partial charge in [-0.1, -0.05) is 6.07 Å². The number of rotatable bonds is 7. The van der Waals surface area contributed by atoms with Gasteiger partial charge in [0.25, 0.3) is 11.1 Å². The molecule has 28 heavy (non-hydrogen) atoms. The lowest BCUT2D eigenvalue weighted by Crippen LogP contribution is -2.33. The third-order valence-corrected chi connectivity index (χ3v) is 4.85. The summed E-state index contributed by atoms with van der Waals surface area (Å²) in [6, 6.07) is 11.0. The van der Waals surface area contributed by atoms with E-state index in [0.29, 0.717) is 28.7 Å². The Morgan fingerprint density at radius 1 is 1.14 bits per heavy atom. The fourth-order valence-corrected chi connectivity index (χ4v) is 3.41. The Morgan fingerprint density at radius 3 is 2.57 bits per heavy atom. The van der Waals surface area contributed by atoms with Crippen molar-refractivity contribution in [2.75, 3.05) is 25.7 Å². The van der Waals surface area contributed by atoms with Crippen molar-refractivity contribution in [3.63, 3.8) is 0 Å². The van der Waals surface area contributed by atoms with E-state index >= 15 is 0 Å². The molecule has 1 aliphatic heterocycles. The fourth-order valence-electron chi connectivity index (χ4n) is 2.57. The van der Waals surface area contributed by atoms with Crippen molar-refractivity contribution in [3.8, 4) is 11.5 Å². The second kappa shape index (κ2) is 8.79. The summed E-state index contributed by atoms with van der Waals surface area (Å²) in [5.41, 5.74) is 1.33. The van der Waals surface area contributed by atoms with Crippen molar-refractivity contribution in [2.24, 2.45) is 0 Å². The van der Waals surface area contributed by atoms with Gasteiger partial charge >= 0.3 is 0 Å². The number of thioether (sulfide) groups is 1. The average Bonchev–Trinajstić information content (AvgIpc) is 2.95. The predicted octanol–water partition coefficient (Wildman–Crippen LogP) is 4.34. The number of methoxy groups -OCH3 is 1. The van der Waals surface area contributed by atoms with Crippen molar-refractivity contribution in [2.45, 2.75) is 6.92 Å². The topological polar surface area (TPSA) is 67.9 Å². The van der Waals surface area contributed by atoms with Gasteiger partial charge in [-0.15, -0.1) is 0 Å². The van der Waals surface area contributed by atoms with Crippen LogP contribution in [-0.4, -0.2) is 36.4 Å². The lowest BCUT2D eigenvalue weighted by molar-refractivity contribution is -0.122. The molecule has 0 spiro atoms. The maximum Gasteiger partial charge on any atom is 0.295 e. The Hall–Kier alpha value is -3.00. The number of carbonyl (C=O) groups is 2. The number of amides is 2. The molecule has 1 fully saturated rings. The molecule has 1 saturated heterocycles. The first-order valence-electron chi connectivity index (χ1n) is 8.57. The van der Waals surface area contributed by atoms with Gasteiger partial charge in [0.05, 0.1) is 25.3 Å². The highest BCUT2D eigenvalue weighted by Gasteiger charge is 2.34. The second-order valence-corrected chi connectivity index (χ2v) is 6.79. The first-order chi connectivity index (χ1) is 13.5. The summed E-state index contributed by atoms with van der Waals surface area (Å²) in [4.78, 5) is 26.2. The van der Waals surface area contributed by atoms with Gasteiger partial charge in [-0.05, 0) is 66.7 Å². The van der Waals surface area contributed by atoms with E-state index < -0.39 is 5.91 Å². The Balaban J connectivity index is 1.72. The molecular formula is C20H19FN2O4S. The number of imide groups is 1. The molecule has 146 valence electrons. The maximum atomic E-state index is 13.0. The highest BCUT2D eigenvalue weighted by molar-refractivity contribution is 8.18. The predicted molar refractivity (Wildman–Crippen MR) is 107 cm³/mol. The summed E-state index contributed by atoms with van der Waals surface area (Å²) >= 11 is 0.869. The van der Waals surface area contributed by atoms with Crippen LogP contribution in [0.1, 0.15) is 12.5 Å². The molecular weight excluding hydrogens is 383 g/mol. The summed E-state index contributed by atoms with van der Waals surface area (Å²) in [5.74, 6) is 0.412. The number of nitrogens with zero attached hydrogens (tertiary/aromatic N) is 1. The van der Waals surface area contributed by atoms with Crippen LogP contribution >= 0.6 is 11.8 Å². The first-order valence-corrected chi connectivity index (χ1v) is 9.39. The number of halogens is 1. The molecule has 2 amide bonds. The Labute approximate surface area is 166 Å². The minimum atomic E-state index is -0.391. The molecule has 6 nitrogen and oxygen atoms in total. The summed E-state index contributed by atoms with van der Waals surface area (Å²) in [7, 11) is 1.54.